The number of benzene rings is 1. The smallest absolute Gasteiger partial charge is 0.322 e. The van der Waals surface area contributed by atoms with Gasteiger partial charge in [-0.2, -0.15) is 0 Å². The van der Waals surface area contributed by atoms with E-state index < -0.39 is 11.9 Å². The van der Waals surface area contributed by atoms with Crippen LogP contribution in [0.15, 0.2) is 23.2 Å². The van der Waals surface area contributed by atoms with Gasteiger partial charge in [0, 0.05) is 15.3 Å². The van der Waals surface area contributed by atoms with Gasteiger partial charge in [-0.05, 0) is 47.7 Å². The number of halogens is 1. The highest BCUT2D eigenvalue weighted by Crippen LogP contribution is 2.28. The molecular weight excluding hydrogens is 333 g/mol. The molecule has 1 unspecified atom stereocenters. The molecule has 0 radical (unpaired) electrons. The van der Waals surface area contributed by atoms with Crippen LogP contribution in [0.3, 0.4) is 0 Å². The van der Waals surface area contributed by atoms with E-state index in [-0.39, 0.29) is 12.4 Å². The zero-order valence-electron chi connectivity index (χ0n) is 9.14. The van der Waals surface area contributed by atoms with E-state index in [9.17, 15) is 9.59 Å². The second-order valence-corrected chi connectivity index (χ2v) is 4.78. The third-order valence-electron chi connectivity index (χ3n) is 2.41. The van der Waals surface area contributed by atoms with Crippen molar-refractivity contribution in [3.63, 3.8) is 0 Å². The number of esters is 1. The van der Waals surface area contributed by atoms with Crippen LogP contribution in [0.25, 0.3) is 0 Å². The second-order valence-electron chi connectivity index (χ2n) is 3.53. The summed E-state index contributed by atoms with van der Waals surface area (Å²) in [7, 11) is 0. The van der Waals surface area contributed by atoms with Crippen molar-refractivity contribution in [3.05, 3.63) is 27.3 Å². The molecule has 0 aromatic heterocycles. The lowest BCUT2D eigenvalue weighted by atomic mass is 9.95. The fourth-order valence-electron chi connectivity index (χ4n) is 1.61. The zero-order valence-corrected chi connectivity index (χ0v) is 11.3. The highest BCUT2D eigenvalue weighted by atomic mass is 127. The maximum absolute atomic E-state index is 12.0. The number of carbonyl (C=O) groups excluding carboxylic acids is 2. The summed E-state index contributed by atoms with van der Waals surface area (Å²) in [6.45, 7) is 1.97. The van der Waals surface area contributed by atoms with E-state index in [0.717, 1.165) is 3.57 Å². The summed E-state index contributed by atoms with van der Waals surface area (Å²) in [6, 6.07) is 5.33. The Morgan fingerprint density at radius 3 is 3.00 bits per heavy atom. The van der Waals surface area contributed by atoms with Crippen molar-refractivity contribution < 1.29 is 14.3 Å². The molecule has 2 rings (SSSR count). The van der Waals surface area contributed by atoms with Crippen LogP contribution in [0.4, 0.5) is 5.69 Å². The van der Waals surface area contributed by atoms with E-state index in [1.807, 2.05) is 12.1 Å². The van der Waals surface area contributed by atoms with Crippen LogP contribution >= 0.6 is 22.6 Å². The molecule has 0 saturated heterocycles. The lowest BCUT2D eigenvalue weighted by Gasteiger charge is -2.16. The lowest BCUT2D eigenvalue weighted by Crippen LogP contribution is -2.29. The highest BCUT2D eigenvalue weighted by molar-refractivity contribution is 14.1. The first-order chi connectivity index (χ1) is 8.13. The molecule has 0 N–H and O–H groups in total. The molecule has 88 valence electrons. The topological polar surface area (TPSA) is 55.7 Å². The summed E-state index contributed by atoms with van der Waals surface area (Å²) in [5.41, 5.74) is 1.09. The fourth-order valence-corrected chi connectivity index (χ4v) is 2.08. The standard InChI is InChI=1S/C12H10INO3/c1-2-17-12(16)9-6-14-10-5-7(13)3-4-8(10)11(9)15/h3-6,9H,2H2,1H3. The summed E-state index contributed by atoms with van der Waals surface area (Å²) < 4.78 is 5.84. The van der Waals surface area contributed by atoms with Crippen molar-refractivity contribution >= 4 is 46.2 Å². The van der Waals surface area contributed by atoms with E-state index in [4.69, 9.17) is 4.74 Å². The van der Waals surface area contributed by atoms with Gasteiger partial charge < -0.3 is 4.74 Å². The quantitative estimate of drug-likeness (QED) is 0.471. The molecule has 4 nitrogen and oxygen atoms in total. The molecule has 5 heteroatoms. The summed E-state index contributed by atoms with van der Waals surface area (Å²) >= 11 is 2.15. The Morgan fingerprint density at radius 2 is 2.29 bits per heavy atom. The molecule has 1 aliphatic heterocycles. The number of fused-ring (bicyclic) bond motifs is 1. The largest absolute Gasteiger partial charge is 0.465 e. The summed E-state index contributed by atoms with van der Waals surface area (Å²) in [6.07, 6.45) is 1.36. The molecule has 1 aromatic rings. The van der Waals surface area contributed by atoms with Crippen LogP contribution in [0, 0.1) is 9.49 Å². The number of ketones is 1. The minimum Gasteiger partial charge on any atom is -0.465 e. The number of rotatable bonds is 2. The van der Waals surface area contributed by atoms with Gasteiger partial charge in [0.25, 0.3) is 0 Å². The van der Waals surface area contributed by atoms with Crippen molar-refractivity contribution in [2.24, 2.45) is 10.9 Å². The number of hydrogen-bond acceptors (Lipinski definition) is 4. The number of carbonyl (C=O) groups is 2. The molecule has 17 heavy (non-hydrogen) atoms. The van der Waals surface area contributed by atoms with Crippen molar-refractivity contribution in [2.45, 2.75) is 6.92 Å². The van der Waals surface area contributed by atoms with E-state index in [0.29, 0.717) is 11.3 Å². The van der Waals surface area contributed by atoms with E-state index in [1.54, 1.807) is 13.0 Å². The Labute approximate surface area is 112 Å². The molecule has 0 aliphatic carbocycles. The third-order valence-corrected chi connectivity index (χ3v) is 3.08. The average Bonchev–Trinajstić information content (AvgIpc) is 2.29. The molecular formula is C12H10INO3. The minimum atomic E-state index is -0.900. The predicted octanol–water partition coefficient (Wildman–Crippen LogP) is 2.37. The predicted molar refractivity (Wildman–Crippen MR) is 71.8 cm³/mol. The molecule has 1 aliphatic rings. The van der Waals surface area contributed by atoms with Gasteiger partial charge in [-0.25, -0.2) is 0 Å². The minimum absolute atomic E-state index is 0.246. The van der Waals surface area contributed by atoms with Crippen LogP contribution in [0.5, 0.6) is 0 Å². The SMILES string of the molecule is CCOC(=O)C1C=Nc2cc(I)ccc2C1=O. The molecule has 0 spiro atoms. The van der Waals surface area contributed by atoms with Crippen molar-refractivity contribution in [3.8, 4) is 0 Å². The number of Topliss-reactive ketones (excluding diaryl/α,β-unsaturated/α-hetero) is 1. The Morgan fingerprint density at radius 1 is 1.53 bits per heavy atom. The lowest BCUT2D eigenvalue weighted by molar-refractivity contribution is -0.143. The Hall–Kier alpha value is -1.24. The Balaban J connectivity index is 2.34. The molecule has 1 atom stereocenters. The van der Waals surface area contributed by atoms with Crippen molar-refractivity contribution in [1.82, 2.24) is 0 Å². The van der Waals surface area contributed by atoms with E-state index >= 15 is 0 Å². The number of hydrogen-bond donors (Lipinski definition) is 0. The van der Waals surface area contributed by atoms with Crippen LogP contribution in [0.2, 0.25) is 0 Å². The number of aliphatic imine (C=N–C) groups is 1. The summed E-state index contributed by atoms with van der Waals surface area (Å²) in [5, 5.41) is 0. The van der Waals surface area contributed by atoms with Crippen LogP contribution in [-0.4, -0.2) is 24.6 Å². The monoisotopic (exact) mass is 343 g/mol. The van der Waals surface area contributed by atoms with E-state index in [2.05, 4.69) is 27.6 Å². The van der Waals surface area contributed by atoms with Gasteiger partial charge in [-0.15, -0.1) is 0 Å². The molecule has 0 bridgehead atoms. The maximum Gasteiger partial charge on any atom is 0.322 e. The molecule has 0 amide bonds. The van der Waals surface area contributed by atoms with Gasteiger partial charge in [0.15, 0.2) is 11.7 Å². The van der Waals surface area contributed by atoms with Crippen molar-refractivity contribution in [2.75, 3.05) is 6.61 Å². The average molecular weight is 343 g/mol. The van der Waals surface area contributed by atoms with Crippen LogP contribution in [0.1, 0.15) is 17.3 Å². The van der Waals surface area contributed by atoms with Gasteiger partial charge in [0.2, 0.25) is 0 Å². The number of nitrogens with zero attached hydrogens (tertiary/aromatic N) is 1. The fraction of sp³-hybridized carbons (Fsp3) is 0.250. The Bertz CT molecular complexity index is 510. The highest BCUT2D eigenvalue weighted by Gasteiger charge is 2.31. The first-order valence-corrected chi connectivity index (χ1v) is 6.26. The van der Waals surface area contributed by atoms with Gasteiger partial charge in [-0.1, -0.05) is 0 Å². The molecule has 1 heterocycles. The molecule has 1 aromatic carbocycles. The van der Waals surface area contributed by atoms with Gasteiger partial charge in [0.1, 0.15) is 0 Å². The summed E-state index contributed by atoms with van der Waals surface area (Å²) in [5.74, 6) is -1.68. The second kappa shape index (κ2) is 4.95. The van der Waals surface area contributed by atoms with Gasteiger partial charge in [-0.3, -0.25) is 14.6 Å². The zero-order chi connectivity index (χ0) is 12.4. The van der Waals surface area contributed by atoms with Gasteiger partial charge >= 0.3 is 5.97 Å². The molecule has 0 saturated carbocycles. The first kappa shape index (κ1) is 12.2. The van der Waals surface area contributed by atoms with Crippen LogP contribution in [-0.2, 0) is 9.53 Å². The third kappa shape index (κ3) is 2.38. The van der Waals surface area contributed by atoms with Crippen LogP contribution < -0.4 is 0 Å². The Kier molecular flexibility index (Phi) is 3.56. The van der Waals surface area contributed by atoms with Gasteiger partial charge in [0.05, 0.1) is 12.3 Å². The maximum atomic E-state index is 12.0. The normalized spacial score (nSPS) is 17.8. The first-order valence-electron chi connectivity index (χ1n) is 5.18. The van der Waals surface area contributed by atoms with E-state index in [1.165, 1.54) is 6.21 Å². The molecule has 0 fully saturated rings. The van der Waals surface area contributed by atoms with Crippen molar-refractivity contribution in [1.29, 1.82) is 0 Å². The number of ether oxygens (including phenoxy) is 1. The summed E-state index contributed by atoms with van der Waals surface area (Å²) in [4.78, 5) is 27.7.